The number of ether oxygens (including phenoxy) is 1. The van der Waals surface area contributed by atoms with Crippen molar-refractivity contribution < 1.29 is 14.3 Å². The molecular formula is C11H16ClNO3. The molecule has 1 rings (SSSR count). The molecule has 0 aromatic carbocycles. The van der Waals surface area contributed by atoms with Crippen molar-refractivity contribution in [2.45, 2.75) is 44.3 Å². The SMILES string of the molecule is C=CC1CC(=O)N1C(Cl)C(=O)OC(C)(C)C. The van der Waals surface area contributed by atoms with Crippen LogP contribution in [0.15, 0.2) is 12.7 Å². The molecule has 1 saturated heterocycles. The van der Waals surface area contributed by atoms with E-state index in [-0.39, 0.29) is 11.9 Å². The number of alkyl halides is 1. The highest BCUT2D eigenvalue weighted by Crippen LogP contribution is 2.26. The van der Waals surface area contributed by atoms with Crippen molar-refractivity contribution in [1.29, 1.82) is 0 Å². The summed E-state index contributed by atoms with van der Waals surface area (Å²) in [7, 11) is 0. The minimum Gasteiger partial charge on any atom is -0.458 e. The molecule has 0 aliphatic carbocycles. The molecule has 1 aliphatic rings. The lowest BCUT2D eigenvalue weighted by atomic mass is 10.0. The van der Waals surface area contributed by atoms with Gasteiger partial charge in [0.1, 0.15) is 5.60 Å². The van der Waals surface area contributed by atoms with Crippen LogP contribution in [0.4, 0.5) is 0 Å². The topological polar surface area (TPSA) is 46.6 Å². The van der Waals surface area contributed by atoms with Gasteiger partial charge in [-0.2, -0.15) is 0 Å². The zero-order chi connectivity index (χ0) is 12.5. The molecule has 0 aromatic rings. The number of carbonyl (C=O) groups excluding carboxylic acids is 2. The fourth-order valence-electron chi connectivity index (χ4n) is 1.41. The largest absolute Gasteiger partial charge is 0.458 e. The summed E-state index contributed by atoms with van der Waals surface area (Å²) in [6, 6.07) is -0.164. The molecule has 1 amide bonds. The smallest absolute Gasteiger partial charge is 0.345 e. The highest BCUT2D eigenvalue weighted by molar-refractivity contribution is 6.30. The molecule has 0 saturated carbocycles. The van der Waals surface area contributed by atoms with Crippen molar-refractivity contribution in [3.8, 4) is 0 Å². The van der Waals surface area contributed by atoms with E-state index in [4.69, 9.17) is 16.3 Å². The quantitative estimate of drug-likeness (QED) is 0.250. The van der Waals surface area contributed by atoms with Gasteiger partial charge in [0.05, 0.1) is 12.5 Å². The van der Waals surface area contributed by atoms with Gasteiger partial charge in [-0.3, -0.25) is 4.79 Å². The molecule has 1 heterocycles. The van der Waals surface area contributed by atoms with Gasteiger partial charge in [0.2, 0.25) is 11.4 Å². The van der Waals surface area contributed by atoms with E-state index in [0.29, 0.717) is 6.42 Å². The fourth-order valence-corrected chi connectivity index (χ4v) is 1.71. The standard InChI is InChI=1S/C11H16ClNO3/c1-5-7-6-8(14)13(7)9(12)10(15)16-11(2,3)4/h5,7,9H,1,6H2,2-4H3. The molecule has 90 valence electrons. The van der Waals surface area contributed by atoms with E-state index < -0.39 is 17.1 Å². The Morgan fingerprint density at radius 2 is 2.25 bits per heavy atom. The Bertz CT molecular complexity index is 322. The summed E-state index contributed by atoms with van der Waals surface area (Å²) >= 11 is 5.89. The van der Waals surface area contributed by atoms with E-state index in [1.807, 2.05) is 0 Å². The minimum atomic E-state index is -1.07. The first-order valence-corrected chi connectivity index (χ1v) is 5.50. The molecule has 0 radical (unpaired) electrons. The number of β-lactam (4-membered cyclic amide) rings is 1. The van der Waals surface area contributed by atoms with Gasteiger partial charge in [-0.15, -0.1) is 6.58 Å². The van der Waals surface area contributed by atoms with Crippen molar-refractivity contribution in [2.24, 2.45) is 0 Å². The predicted octanol–water partition coefficient (Wildman–Crippen LogP) is 1.68. The second-order valence-corrected chi connectivity index (χ2v) is 5.09. The van der Waals surface area contributed by atoms with E-state index in [2.05, 4.69) is 6.58 Å². The lowest BCUT2D eigenvalue weighted by molar-refractivity contribution is -0.166. The van der Waals surface area contributed by atoms with E-state index in [0.717, 1.165) is 0 Å². The Morgan fingerprint density at radius 1 is 1.69 bits per heavy atom. The normalized spacial score (nSPS) is 22.4. The zero-order valence-corrected chi connectivity index (χ0v) is 10.5. The zero-order valence-electron chi connectivity index (χ0n) is 9.70. The summed E-state index contributed by atoms with van der Waals surface area (Å²) < 4.78 is 5.10. The number of rotatable bonds is 3. The van der Waals surface area contributed by atoms with Gasteiger partial charge in [-0.1, -0.05) is 17.7 Å². The third-order valence-corrected chi connectivity index (χ3v) is 2.54. The Hall–Kier alpha value is -1.03. The number of hydrogen-bond donors (Lipinski definition) is 0. The van der Waals surface area contributed by atoms with Crippen molar-refractivity contribution in [3.63, 3.8) is 0 Å². The number of likely N-dealkylation sites (tertiary alicyclic amines) is 1. The van der Waals surface area contributed by atoms with Crippen molar-refractivity contribution in [1.82, 2.24) is 4.90 Å². The van der Waals surface area contributed by atoms with Crippen molar-refractivity contribution in [2.75, 3.05) is 0 Å². The van der Waals surface area contributed by atoms with Gasteiger partial charge in [0, 0.05) is 0 Å². The predicted molar refractivity (Wildman–Crippen MR) is 60.9 cm³/mol. The van der Waals surface area contributed by atoms with Gasteiger partial charge in [-0.25, -0.2) is 4.79 Å². The Kier molecular flexibility index (Phi) is 3.63. The maximum Gasteiger partial charge on any atom is 0.345 e. The third kappa shape index (κ3) is 2.76. The van der Waals surface area contributed by atoms with E-state index in [9.17, 15) is 9.59 Å². The van der Waals surface area contributed by atoms with Crippen LogP contribution in [0, 0.1) is 0 Å². The number of esters is 1. The lowest BCUT2D eigenvalue weighted by Gasteiger charge is -2.41. The molecule has 4 nitrogen and oxygen atoms in total. The van der Waals surface area contributed by atoms with Gasteiger partial charge < -0.3 is 9.64 Å². The van der Waals surface area contributed by atoms with E-state index in [1.165, 1.54) is 4.90 Å². The van der Waals surface area contributed by atoms with Crippen LogP contribution in [0.25, 0.3) is 0 Å². The van der Waals surface area contributed by atoms with Crippen LogP contribution in [0.1, 0.15) is 27.2 Å². The molecule has 0 bridgehead atoms. The van der Waals surface area contributed by atoms with Crippen LogP contribution >= 0.6 is 11.6 Å². The first kappa shape index (κ1) is 13.0. The molecule has 2 atom stereocenters. The molecular weight excluding hydrogens is 230 g/mol. The number of hydrogen-bond acceptors (Lipinski definition) is 3. The minimum absolute atomic E-state index is 0.157. The third-order valence-electron chi connectivity index (χ3n) is 2.15. The molecule has 0 N–H and O–H groups in total. The number of carbonyl (C=O) groups is 2. The molecule has 0 aromatic heterocycles. The van der Waals surface area contributed by atoms with Gasteiger partial charge in [0.25, 0.3) is 0 Å². The van der Waals surface area contributed by atoms with Crippen LogP contribution in [0.2, 0.25) is 0 Å². The molecule has 16 heavy (non-hydrogen) atoms. The van der Waals surface area contributed by atoms with E-state index >= 15 is 0 Å². The van der Waals surface area contributed by atoms with Crippen LogP contribution < -0.4 is 0 Å². The summed E-state index contributed by atoms with van der Waals surface area (Å²) in [5.41, 5.74) is -1.68. The van der Waals surface area contributed by atoms with Crippen molar-refractivity contribution >= 4 is 23.5 Å². The lowest BCUT2D eigenvalue weighted by Crippen LogP contribution is -2.57. The average Bonchev–Trinajstić information content (AvgIpc) is 2.10. The van der Waals surface area contributed by atoms with Crippen LogP contribution in [-0.2, 0) is 14.3 Å². The summed E-state index contributed by atoms with van der Waals surface area (Å²) in [5.74, 6) is -0.759. The summed E-state index contributed by atoms with van der Waals surface area (Å²) in [6.07, 6.45) is 1.96. The number of nitrogens with zero attached hydrogens (tertiary/aromatic N) is 1. The first-order valence-electron chi connectivity index (χ1n) is 5.07. The second kappa shape index (κ2) is 4.45. The first-order chi connectivity index (χ1) is 7.26. The van der Waals surface area contributed by atoms with Crippen LogP contribution in [0.5, 0.6) is 0 Å². The molecule has 1 fully saturated rings. The average molecular weight is 246 g/mol. The number of halogens is 1. The number of amides is 1. The van der Waals surface area contributed by atoms with E-state index in [1.54, 1.807) is 26.8 Å². The second-order valence-electron chi connectivity index (χ2n) is 4.68. The molecule has 5 heteroatoms. The van der Waals surface area contributed by atoms with Crippen molar-refractivity contribution in [3.05, 3.63) is 12.7 Å². The Balaban J connectivity index is 2.63. The monoisotopic (exact) mass is 245 g/mol. The molecule has 1 aliphatic heterocycles. The Labute approximate surface area is 100 Å². The molecule has 2 unspecified atom stereocenters. The summed E-state index contributed by atoms with van der Waals surface area (Å²) in [5, 5.41) is 0. The summed E-state index contributed by atoms with van der Waals surface area (Å²) in [6.45, 7) is 8.82. The Morgan fingerprint density at radius 3 is 2.62 bits per heavy atom. The van der Waals surface area contributed by atoms with Gasteiger partial charge in [0.15, 0.2) is 0 Å². The highest BCUT2D eigenvalue weighted by Gasteiger charge is 2.42. The highest BCUT2D eigenvalue weighted by atomic mass is 35.5. The maximum absolute atomic E-state index is 11.6. The maximum atomic E-state index is 11.6. The van der Waals surface area contributed by atoms with Gasteiger partial charge >= 0.3 is 5.97 Å². The molecule has 0 spiro atoms. The van der Waals surface area contributed by atoms with Crippen LogP contribution in [-0.4, -0.2) is 33.9 Å². The van der Waals surface area contributed by atoms with Crippen LogP contribution in [0.3, 0.4) is 0 Å². The summed E-state index contributed by atoms with van der Waals surface area (Å²) in [4.78, 5) is 24.2. The fraction of sp³-hybridized carbons (Fsp3) is 0.636. The van der Waals surface area contributed by atoms with Gasteiger partial charge in [-0.05, 0) is 20.8 Å².